The van der Waals surface area contributed by atoms with E-state index in [9.17, 15) is 13.2 Å². The molecule has 7 nitrogen and oxygen atoms in total. The summed E-state index contributed by atoms with van der Waals surface area (Å²) < 4.78 is 31.9. The van der Waals surface area contributed by atoms with Crippen molar-refractivity contribution < 1.29 is 17.9 Å². The van der Waals surface area contributed by atoms with Crippen LogP contribution in [0.5, 0.6) is 5.75 Å². The number of carbonyl (C=O) groups excluding carboxylic acids is 1. The molecule has 2 aromatic carbocycles. The van der Waals surface area contributed by atoms with E-state index in [1.54, 1.807) is 13.2 Å². The lowest BCUT2D eigenvalue weighted by Crippen LogP contribution is -2.41. The maximum atomic E-state index is 13.2. The van der Waals surface area contributed by atoms with E-state index >= 15 is 0 Å². The minimum Gasteiger partial charge on any atom is -0.497 e. The zero-order chi connectivity index (χ0) is 23.3. The molecule has 3 aromatic rings. The van der Waals surface area contributed by atoms with Gasteiger partial charge in [-0.3, -0.25) is 9.69 Å². The number of thiazole rings is 1. The van der Waals surface area contributed by atoms with Gasteiger partial charge in [-0.05, 0) is 55.6 Å². The van der Waals surface area contributed by atoms with Gasteiger partial charge in [-0.25, -0.2) is 13.4 Å². The molecule has 0 atom stereocenters. The third-order valence-electron chi connectivity index (χ3n) is 5.14. The number of ether oxygens (including phenoxy) is 1. The number of likely N-dealkylation sites (N-methyl/N-ethyl adjacent to an activating group) is 1. The van der Waals surface area contributed by atoms with Gasteiger partial charge in [0, 0.05) is 18.1 Å². The lowest BCUT2D eigenvalue weighted by atomic mass is 10.3. The molecule has 0 saturated carbocycles. The molecule has 0 N–H and O–H groups in total. The molecule has 32 heavy (non-hydrogen) atoms. The minimum atomic E-state index is -3.83. The Hall–Kier alpha value is -2.20. The molecular formula is C22H26ClN3O4S2. The van der Waals surface area contributed by atoms with E-state index in [1.165, 1.54) is 40.5 Å². The van der Waals surface area contributed by atoms with Gasteiger partial charge in [0.1, 0.15) is 11.5 Å². The van der Waals surface area contributed by atoms with Crippen LogP contribution in [0.3, 0.4) is 0 Å². The zero-order valence-corrected chi connectivity index (χ0v) is 20.6. The van der Waals surface area contributed by atoms with Crippen molar-refractivity contribution in [2.45, 2.75) is 18.7 Å². The first-order chi connectivity index (χ1) is 15.3. The third kappa shape index (κ3) is 5.78. The quantitative estimate of drug-likeness (QED) is 0.421. The molecule has 0 fully saturated rings. The van der Waals surface area contributed by atoms with Gasteiger partial charge in [-0.1, -0.05) is 36.8 Å². The summed E-state index contributed by atoms with van der Waals surface area (Å²) in [6.07, 6.45) is 0. The Kier molecular flexibility index (Phi) is 8.10. The van der Waals surface area contributed by atoms with Gasteiger partial charge in [0.2, 0.25) is 5.91 Å². The Morgan fingerprint density at radius 2 is 1.78 bits per heavy atom. The van der Waals surface area contributed by atoms with E-state index in [4.69, 9.17) is 16.3 Å². The molecule has 0 saturated heterocycles. The number of nitrogens with zero attached hydrogens (tertiary/aromatic N) is 3. The third-order valence-corrected chi connectivity index (χ3v) is 8.05. The number of amides is 1. The maximum Gasteiger partial charge on any atom is 0.244 e. The maximum absolute atomic E-state index is 13.2. The number of anilines is 1. The van der Waals surface area contributed by atoms with Crippen LogP contribution in [0.15, 0.2) is 47.4 Å². The molecule has 0 unspecified atom stereocenters. The normalized spacial score (nSPS) is 11.8. The predicted molar refractivity (Wildman–Crippen MR) is 130 cm³/mol. The van der Waals surface area contributed by atoms with Crippen LogP contribution in [0, 0.1) is 0 Å². The molecule has 1 amide bonds. The number of hydrogen-bond donors (Lipinski definition) is 0. The molecule has 1 heterocycles. The number of carbonyl (C=O) groups is 1. The Balaban J connectivity index is 1.91. The Morgan fingerprint density at radius 3 is 2.41 bits per heavy atom. The van der Waals surface area contributed by atoms with Crippen molar-refractivity contribution >= 4 is 54.0 Å². The summed E-state index contributed by atoms with van der Waals surface area (Å²) in [5.74, 6) is -0.469. The minimum absolute atomic E-state index is 0.0629. The van der Waals surface area contributed by atoms with Crippen LogP contribution >= 0.6 is 22.9 Å². The van der Waals surface area contributed by atoms with Gasteiger partial charge >= 0.3 is 0 Å². The second-order valence-corrected chi connectivity index (χ2v) is 10.6. The monoisotopic (exact) mass is 495 g/mol. The number of methoxy groups -OCH3 is 1. The van der Waals surface area contributed by atoms with Gasteiger partial charge in [0.05, 0.1) is 22.2 Å². The second-order valence-electron chi connectivity index (χ2n) is 7.12. The van der Waals surface area contributed by atoms with Crippen LogP contribution in [0.4, 0.5) is 5.13 Å². The lowest BCUT2D eigenvalue weighted by molar-refractivity contribution is -0.116. The van der Waals surface area contributed by atoms with E-state index in [2.05, 4.69) is 9.88 Å². The molecular weight excluding hydrogens is 470 g/mol. The topological polar surface area (TPSA) is 79.8 Å². The highest BCUT2D eigenvalue weighted by atomic mass is 35.5. The molecule has 1 aromatic heterocycles. The highest BCUT2D eigenvalue weighted by molar-refractivity contribution is 7.92. The van der Waals surface area contributed by atoms with E-state index in [0.717, 1.165) is 23.3 Å². The number of sulfone groups is 1. The predicted octanol–water partition coefficient (Wildman–Crippen LogP) is 4.11. The fourth-order valence-corrected chi connectivity index (χ4v) is 5.57. The summed E-state index contributed by atoms with van der Waals surface area (Å²) in [6.45, 7) is 6.71. The van der Waals surface area contributed by atoms with E-state index in [-0.39, 0.29) is 4.90 Å². The number of benzene rings is 2. The summed E-state index contributed by atoms with van der Waals surface area (Å²) in [7, 11) is -2.24. The number of halogens is 1. The van der Waals surface area contributed by atoms with Crippen LogP contribution in [-0.2, 0) is 14.6 Å². The summed E-state index contributed by atoms with van der Waals surface area (Å²) >= 11 is 7.20. The van der Waals surface area contributed by atoms with Crippen molar-refractivity contribution in [2.75, 3.05) is 43.9 Å². The number of rotatable bonds is 10. The van der Waals surface area contributed by atoms with Crippen LogP contribution < -0.4 is 9.64 Å². The first kappa shape index (κ1) is 24.4. The van der Waals surface area contributed by atoms with Crippen molar-refractivity contribution in [3.8, 4) is 5.75 Å². The van der Waals surface area contributed by atoms with Crippen molar-refractivity contribution in [3.63, 3.8) is 0 Å². The molecule has 0 spiro atoms. The van der Waals surface area contributed by atoms with Gasteiger partial charge in [-0.15, -0.1) is 0 Å². The van der Waals surface area contributed by atoms with E-state index in [0.29, 0.717) is 29.0 Å². The van der Waals surface area contributed by atoms with Gasteiger partial charge in [0.15, 0.2) is 15.0 Å². The lowest BCUT2D eigenvalue weighted by Gasteiger charge is -2.24. The molecule has 0 bridgehead atoms. The average Bonchev–Trinajstić information content (AvgIpc) is 3.19. The average molecular weight is 496 g/mol. The van der Waals surface area contributed by atoms with E-state index in [1.807, 2.05) is 26.0 Å². The van der Waals surface area contributed by atoms with Crippen molar-refractivity contribution in [3.05, 3.63) is 47.5 Å². The van der Waals surface area contributed by atoms with Crippen LogP contribution in [0.1, 0.15) is 13.8 Å². The molecule has 172 valence electrons. The van der Waals surface area contributed by atoms with Crippen LogP contribution in [-0.4, -0.2) is 63.3 Å². The van der Waals surface area contributed by atoms with E-state index < -0.39 is 21.5 Å². The van der Waals surface area contributed by atoms with Crippen LogP contribution in [0.2, 0.25) is 5.02 Å². The first-order valence-corrected chi connectivity index (χ1v) is 13.1. The van der Waals surface area contributed by atoms with Crippen molar-refractivity contribution in [1.29, 1.82) is 0 Å². The number of aromatic nitrogens is 1. The fraction of sp³-hybridized carbons (Fsp3) is 0.364. The van der Waals surface area contributed by atoms with Crippen molar-refractivity contribution in [1.82, 2.24) is 9.88 Å². The molecule has 10 heteroatoms. The standard InChI is InChI=1S/C22H26ClN3O4S2/c1-4-25(5-2)12-13-26(22-24-19-11-8-17(30-3)14-20(19)31-22)21(27)15-32(28,29)18-9-6-16(23)7-10-18/h6-11,14H,4-5,12-13,15H2,1-3H3. The highest BCUT2D eigenvalue weighted by Gasteiger charge is 2.27. The molecule has 3 rings (SSSR count). The summed E-state index contributed by atoms with van der Waals surface area (Å²) in [4.78, 5) is 21.5. The molecule has 0 aliphatic heterocycles. The molecule has 0 radical (unpaired) electrons. The van der Waals surface area contributed by atoms with Gasteiger partial charge < -0.3 is 9.64 Å². The number of fused-ring (bicyclic) bond motifs is 1. The largest absolute Gasteiger partial charge is 0.497 e. The van der Waals surface area contributed by atoms with Crippen LogP contribution in [0.25, 0.3) is 10.2 Å². The van der Waals surface area contributed by atoms with Gasteiger partial charge in [-0.2, -0.15) is 0 Å². The number of hydrogen-bond acceptors (Lipinski definition) is 7. The molecule has 0 aliphatic rings. The SMILES string of the molecule is CCN(CC)CCN(C(=O)CS(=O)(=O)c1ccc(Cl)cc1)c1nc2ccc(OC)cc2s1. The Morgan fingerprint density at radius 1 is 1.09 bits per heavy atom. The Labute approximate surface area is 197 Å². The summed E-state index contributed by atoms with van der Waals surface area (Å²) in [5, 5.41) is 0.901. The van der Waals surface area contributed by atoms with Crippen molar-refractivity contribution in [2.24, 2.45) is 0 Å². The highest BCUT2D eigenvalue weighted by Crippen LogP contribution is 2.32. The zero-order valence-electron chi connectivity index (χ0n) is 18.2. The molecule has 0 aliphatic carbocycles. The smallest absolute Gasteiger partial charge is 0.244 e. The summed E-state index contributed by atoms with van der Waals surface area (Å²) in [5.41, 5.74) is 0.729. The summed E-state index contributed by atoms with van der Waals surface area (Å²) in [6, 6.07) is 11.3. The second kappa shape index (κ2) is 10.6. The first-order valence-electron chi connectivity index (χ1n) is 10.2. The fourth-order valence-electron chi connectivity index (χ4n) is 3.21. The Bertz CT molecular complexity index is 1180. The van der Waals surface area contributed by atoms with Gasteiger partial charge in [0.25, 0.3) is 0 Å².